The Bertz CT molecular complexity index is 391. The number of benzene rings is 1. The monoisotopic (exact) mass is 237 g/mol. The van der Waals surface area contributed by atoms with Crippen LogP contribution in [0, 0.1) is 0 Å². The number of hydrogen-bond donors (Lipinski definition) is 3. The van der Waals surface area contributed by atoms with E-state index in [9.17, 15) is 4.79 Å². The maximum Gasteiger partial charge on any atom is 0.239 e. The van der Waals surface area contributed by atoms with Gasteiger partial charge in [0.15, 0.2) is 0 Å². The topological polar surface area (TPSA) is 76.4 Å². The van der Waals surface area contributed by atoms with Crippen LogP contribution in [0.1, 0.15) is 13.8 Å². The summed E-state index contributed by atoms with van der Waals surface area (Å²) in [6, 6.07) is 5.35. The number of hydrogen-bond acceptors (Lipinski definition) is 4. The van der Waals surface area contributed by atoms with Crippen molar-refractivity contribution in [2.45, 2.75) is 20.0 Å². The average Bonchev–Trinajstić information content (AvgIpc) is 2.29. The maximum absolute atomic E-state index is 11.1. The fraction of sp³-hybridized carbons (Fsp3) is 0.417. The molecule has 0 aliphatic rings. The second kappa shape index (κ2) is 5.98. The zero-order chi connectivity index (χ0) is 12.8. The van der Waals surface area contributed by atoms with Gasteiger partial charge in [-0.25, -0.2) is 0 Å². The van der Waals surface area contributed by atoms with Gasteiger partial charge in [-0.05, 0) is 26.0 Å². The van der Waals surface area contributed by atoms with Gasteiger partial charge in [-0.2, -0.15) is 0 Å². The van der Waals surface area contributed by atoms with Gasteiger partial charge in [0.05, 0.1) is 18.3 Å². The van der Waals surface area contributed by atoms with E-state index < -0.39 is 0 Å². The van der Waals surface area contributed by atoms with Gasteiger partial charge in [0.2, 0.25) is 5.91 Å². The molecule has 0 bridgehead atoms. The number of carbonyl (C=O) groups is 1. The lowest BCUT2D eigenvalue weighted by atomic mass is 10.2. The summed E-state index contributed by atoms with van der Waals surface area (Å²) < 4.78 is 5.55. The third-order valence-corrected chi connectivity index (χ3v) is 2.11. The van der Waals surface area contributed by atoms with E-state index in [4.69, 9.17) is 10.5 Å². The Balaban J connectivity index is 2.71. The second-order valence-electron chi connectivity index (χ2n) is 3.95. The number of carbonyl (C=O) groups excluding carboxylic acids is 1. The molecule has 5 nitrogen and oxygen atoms in total. The molecule has 0 atom stereocenters. The molecule has 5 heteroatoms. The first-order chi connectivity index (χ1) is 8.02. The summed E-state index contributed by atoms with van der Waals surface area (Å²) >= 11 is 0. The van der Waals surface area contributed by atoms with Crippen LogP contribution in [0.25, 0.3) is 0 Å². The van der Waals surface area contributed by atoms with Crippen molar-refractivity contribution in [3.63, 3.8) is 0 Å². The molecule has 0 unspecified atom stereocenters. The zero-order valence-electron chi connectivity index (χ0n) is 10.4. The normalized spacial score (nSPS) is 10.1. The Morgan fingerprint density at radius 2 is 2.18 bits per heavy atom. The number of nitrogens with one attached hydrogen (secondary N) is 2. The van der Waals surface area contributed by atoms with Crippen molar-refractivity contribution >= 4 is 17.3 Å². The van der Waals surface area contributed by atoms with E-state index in [1.54, 1.807) is 19.2 Å². The van der Waals surface area contributed by atoms with Gasteiger partial charge in [0, 0.05) is 18.8 Å². The van der Waals surface area contributed by atoms with E-state index in [2.05, 4.69) is 10.6 Å². The summed E-state index contributed by atoms with van der Waals surface area (Å²) in [6.07, 6.45) is 0.0616. The molecular weight excluding hydrogens is 218 g/mol. The van der Waals surface area contributed by atoms with Crippen LogP contribution in [0.3, 0.4) is 0 Å². The van der Waals surface area contributed by atoms with Crippen LogP contribution < -0.4 is 21.1 Å². The second-order valence-corrected chi connectivity index (χ2v) is 3.95. The quantitative estimate of drug-likeness (QED) is 0.673. The molecular formula is C12H19N3O2. The third-order valence-electron chi connectivity index (χ3n) is 2.11. The molecule has 0 radical (unpaired) electrons. The lowest BCUT2D eigenvalue weighted by Crippen LogP contribution is -2.26. The van der Waals surface area contributed by atoms with Crippen LogP contribution in [0.4, 0.5) is 11.4 Å². The van der Waals surface area contributed by atoms with Crippen molar-refractivity contribution in [2.24, 2.45) is 0 Å². The highest BCUT2D eigenvalue weighted by Gasteiger charge is 2.05. The van der Waals surface area contributed by atoms with Crippen molar-refractivity contribution in [1.82, 2.24) is 5.32 Å². The number of nitrogen functional groups attached to an aromatic ring is 1. The van der Waals surface area contributed by atoms with E-state index in [0.29, 0.717) is 11.4 Å². The predicted molar refractivity (Wildman–Crippen MR) is 69.2 cm³/mol. The van der Waals surface area contributed by atoms with Gasteiger partial charge in [-0.1, -0.05) is 0 Å². The van der Waals surface area contributed by atoms with Gasteiger partial charge in [-0.3, -0.25) is 4.79 Å². The van der Waals surface area contributed by atoms with E-state index in [1.807, 2.05) is 19.9 Å². The first-order valence-electron chi connectivity index (χ1n) is 5.53. The molecule has 0 fully saturated rings. The minimum atomic E-state index is -0.0758. The van der Waals surface area contributed by atoms with Gasteiger partial charge >= 0.3 is 0 Å². The fourth-order valence-corrected chi connectivity index (χ4v) is 1.27. The molecule has 1 aromatic rings. The fourth-order valence-electron chi connectivity index (χ4n) is 1.27. The SMILES string of the molecule is CNC(=O)CNc1ccc(N)c(OC(C)C)c1. The highest BCUT2D eigenvalue weighted by molar-refractivity contribution is 5.80. The number of nitrogens with two attached hydrogens (primary N) is 1. The Morgan fingerprint density at radius 1 is 1.47 bits per heavy atom. The van der Waals surface area contributed by atoms with Crippen LogP contribution >= 0.6 is 0 Å². The number of rotatable bonds is 5. The van der Waals surface area contributed by atoms with Crippen LogP contribution in [-0.2, 0) is 4.79 Å². The smallest absolute Gasteiger partial charge is 0.239 e. The molecule has 0 aliphatic heterocycles. The first-order valence-corrected chi connectivity index (χ1v) is 5.53. The maximum atomic E-state index is 11.1. The molecule has 0 spiro atoms. The van der Waals surface area contributed by atoms with E-state index in [1.165, 1.54) is 0 Å². The number of anilines is 2. The van der Waals surface area contributed by atoms with Crippen molar-refractivity contribution in [3.8, 4) is 5.75 Å². The van der Waals surface area contributed by atoms with Crippen LogP contribution in [0.2, 0.25) is 0 Å². The molecule has 1 amide bonds. The number of amides is 1. The minimum absolute atomic E-state index is 0.0616. The Hall–Kier alpha value is -1.91. The highest BCUT2D eigenvalue weighted by Crippen LogP contribution is 2.26. The zero-order valence-corrected chi connectivity index (χ0v) is 10.4. The molecule has 1 aromatic carbocycles. The lowest BCUT2D eigenvalue weighted by Gasteiger charge is -2.14. The van der Waals surface area contributed by atoms with E-state index in [-0.39, 0.29) is 18.6 Å². The summed E-state index contributed by atoms with van der Waals surface area (Å²) in [5.41, 5.74) is 7.18. The molecule has 94 valence electrons. The summed E-state index contributed by atoms with van der Waals surface area (Å²) in [5.74, 6) is 0.551. The van der Waals surface area contributed by atoms with Crippen LogP contribution in [0.15, 0.2) is 18.2 Å². The molecule has 0 heterocycles. The Kier molecular flexibility index (Phi) is 4.63. The molecule has 0 saturated heterocycles. The van der Waals surface area contributed by atoms with E-state index in [0.717, 1.165) is 5.69 Å². The van der Waals surface area contributed by atoms with Crippen molar-refractivity contribution in [2.75, 3.05) is 24.6 Å². The van der Waals surface area contributed by atoms with Gasteiger partial charge in [0.1, 0.15) is 5.75 Å². The average molecular weight is 237 g/mol. The summed E-state index contributed by atoms with van der Waals surface area (Å²) in [6.45, 7) is 4.09. The third kappa shape index (κ3) is 4.22. The van der Waals surface area contributed by atoms with Crippen LogP contribution in [-0.4, -0.2) is 25.6 Å². The molecule has 1 rings (SSSR count). The van der Waals surface area contributed by atoms with Crippen molar-refractivity contribution in [1.29, 1.82) is 0 Å². The largest absolute Gasteiger partial charge is 0.489 e. The van der Waals surface area contributed by atoms with Crippen molar-refractivity contribution < 1.29 is 9.53 Å². The molecule has 0 saturated carbocycles. The standard InChI is InChI=1S/C12H19N3O2/c1-8(2)17-11-6-9(4-5-10(11)13)15-7-12(16)14-3/h4-6,8,15H,7,13H2,1-3H3,(H,14,16). The molecule has 4 N–H and O–H groups in total. The summed E-state index contributed by atoms with van der Waals surface area (Å²) in [4.78, 5) is 11.1. The van der Waals surface area contributed by atoms with Gasteiger partial charge in [-0.15, -0.1) is 0 Å². The van der Waals surface area contributed by atoms with Crippen molar-refractivity contribution in [3.05, 3.63) is 18.2 Å². The number of ether oxygens (including phenoxy) is 1. The lowest BCUT2D eigenvalue weighted by molar-refractivity contribution is -0.118. The van der Waals surface area contributed by atoms with Gasteiger partial charge in [0.25, 0.3) is 0 Å². The number of likely N-dealkylation sites (N-methyl/N-ethyl adjacent to an activating group) is 1. The Labute approximate surface area is 101 Å². The van der Waals surface area contributed by atoms with Crippen LogP contribution in [0.5, 0.6) is 5.75 Å². The molecule has 0 aliphatic carbocycles. The summed E-state index contributed by atoms with van der Waals surface area (Å²) in [5, 5.41) is 5.52. The minimum Gasteiger partial charge on any atom is -0.489 e. The summed E-state index contributed by atoms with van der Waals surface area (Å²) in [7, 11) is 1.60. The van der Waals surface area contributed by atoms with Gasteiger partial charge < -0.3 is 21.1 Å². The van der Waals surface area contributed by atoms with E-state index >= 15 is 0 Å². The first kappa shape index (κ1) is 13.2. The Morgan fingerprint density at radius 3 is 2.76 bits per heavy atom. The molecule has 17 heavy (non-hydrogen) atoms. The predicted octanol–water partition coefficient (Wildman–Crippen LogP) is 1.21. The molecule has 0 aromatic heterocycles. The highest BCUT2D eigenvalue weighted by atomic mass is 16.5.